The zero-order chi connectivity index (χ0) is 16.5. The highest BCUT2D eigenvalue weighted by molar-refractivity contribution is 5.29. The van der Waals surface area contributed by atoms with Crippen LogP contribution in [0, 0.1) is 0 Å². The molecular weight excluding hydrogens is 291 g/mol. The summed E-state index contributed by atoms with van der Waals surface area (Å²) in [5.41, 5.74) is 1.13. The van der Waals surface area contributed by atoms with Gasteiger partial charge in [0.05, 0.1) is 12.5 Å². The van der Waals surface area contributed by atoms with Crippen LogP contribution in [-0.4, -0.2) is 19.2 Å². The fraction of sp³-hybridized carbons (Fsp3) is 0.600. The summed E-state index contributed by atoms with van der Waals surface area (Å²) in [7, 11) is 1.12. The Morgan fingerprint density at radius 2 is 1.43 bits per heavy atom. The molecule has 1 rings (SSSR count). The van der Waals surface area contributed by atoms with Crippen LogP contribution in [0.15, 0.2) is 24.3 Å². The highest BCUT2D eigenvalue weighted by Gasteiger charge is 2.58. The summed E-state index contributed by atoms with van der Waals surface area (Å²) in [5.74, 6) is -4.78. The lowest BCUT2D eigenvalue weighted by atomic mass is 9.86. The van der Waals surface area contributed by atoms with E-state index in [1.54, 1.807) is 12.1 Å². The molecular formula is C15H19F5O. The molecule has 0 amide bonds. The quantitative estimate of drug-likeness (QED) is 0.689. The van der Waals surface area contributed by atoms with E-state index >= 15 is 0 Å². The molecule has 6 heteroatoms. The van der Waals surface area contributed by atoms with Crippen LogP contribution in [0.2, 0.25) is 0 Å². The largest absolute Gasteiger partial charge is 0.453 e. The van der Waals surface area contributed by atoms with Gasteiger partial charge in [0, 0.05) is 7.11 Å². The van der Waals surface area contributed by atoms with E-state index in [9.17, 15) is 22.0 Å². The Balaban J connectivity index is 2.96. The van der Waals surface area contributed by atoms with E-state index in [0.29, 0.717) is 5.56 Å². The van der Waals surface area contributed by atoms with Crippen molar-refractivity contribution in [3.63, 3.8) is 0 Å². The van der Waals surface area contributed by atoms with E-state index in [0.717, 1.165) is 12.7 Å². The van der Waals surface area contributed by atoms with Crippen LogP contribution in [-0.2, 0) is 10.2 Å². The third-order valence-corrected chi connectivity index (χ3v) is 3.29. The maximum Gasteiger partial charge on any atom is 0.453 e. The molecule has 0 heterocycles. The fourth-order valence-corrected chi connectivity index (χ4v) is 1.88. The summed E-state index contributed by atoms with van der Waals surface area (Å²) in [5, 5.41) is 0. The summed E-state index contributed by atoms with van der Waals surface area (Å²) >= 11 is 0. The lowest BCUT2D eigenvalue weighted by Crippen LogP contribution is -2.38. The monoisotopic (exact) mass is 310 g/mol. The number of hydrogen-bond acceptors (Lipinski definition) is 1. The van der Waals surface area contributed by atoms with Crippen LogP contribution >= 0.6 is 0 Å². The number of alkyl halides is 5. The molecule has 1 unspecified atom stereocenters. The normalized spacial score (nSPS) is 15.1. The van der Waals surface area contributed by atoms with Crippen molar-refractivity contribution < 1.29 is 26.7 Å². The average molecular weight is 310 g/mol. The number of halogens is 5. The summed E-state index contributed by atoms with van der Waals surface area (Å²) in [6.45, 7) is 5.94. The van der Waals surface area contributed by atoms with Crippen molar-refractivity contribution in [3.05, 3.63) is 35.4 Å². The molecule has 1 atom stereocenters. The van der Waals surface area contributed by atoms with Crippen molar-refractivity contribution in [2.75, 3.05) is 7.11 Å². The van der Waals surface area contributed by atoms with Gasteiger partial charge in [-0.15, -0.1) is 0 Å². The molecule has 0 aliphatic rings. The van der Waals surface area contributed by atoms with Gasteiger partial charge < -0.3 is 4.74 Å². The molecule has 1 aromatic carbocycles. The highest BCUT2D eigenvalue weighted by Crippen LogP contribution is 2.42. The Morgan fingerprint density at radius 1 is 0.952 bits per heavy atom. The van der Waals surface area contributed by atoms with Crippen molar-refractivity contribution >= 4 is 0 Å². The van der Waals surface area contributed by atoms with Gasteiger partial charge in [0.2, 0.25) is 0 Å². The summed E-state index contributed by atoms with van der Waals surface area (Å²) in [6, 6.07) is 6.49. The minimum absolute atomic E-state index is 0.128. The lowest BCUT2D eigenvalue weighted by Gasteiger charge is -2.25. The zero-order valence-electron chi connectivity index (χ0n) is 12.4. The smallest absolute Gasteiger partial charge is 0.377 e. The van der Waals surface area contributed by atoms with Gasteiger partial charge in [0.25, 0.3) is 0 Å². The Bertz CT molecular complexity index is 456. The first-order valence-corrected chi connectivity index (χ1v) is 6.46. The van der Waals surface area contributed by atoms with Gasteiger partial charge in [-0.25, -0.2) is 0 Å². The van der Waals surface area contributed by atoms with Crippen molar-refractivity contribution in [3.8, 4) is 0 Å². The van der Waals surface area contributed by atoms with Gasteiger partial charge in [-0.2, -0.15) is 22.0 Å². The zero-order valence-corrected chi connectivity index (χ0v) is 12.4. The number of rotatable bonds is 4. The molecule has 0 N–H and O–H groups in total. The molecule has 0 saturated carbocycles. The van der Waals surface area contributed by atoms with Gasteiger partial charge in [0.15, 0.2) is 0 Å². The standard InChI is InChI=1S/C15H19F5O/c1-13(2,3)11-7-5-10(6-8-11)12(21-4)9-14(16,17)15(18,19)20/h5-8,12H,9H2,1-4H3. The van der Waals surface area contributed by atoms with E-state index < -0.39 is 24.6 Å². The second-order valence-electron chi connectivity index (χ2n) is 6.00. The van der Waals surface area contributed by atoms with Gasteiger partial charge in [-0.05, 0) is 16.5 Å². The maximum atomic E-state index is 13.1. The molecule has 0 saturated heterocycles. The first-order valence-electron chi connectivity index (χ1n) is 6.46. The molecule has 0 aromatic heterocycles. The van der Waals surface area contributed by atoms with Crippen LogP contribution in [0.4, 0.5) is 22.0 Å². The van der Waals surface area contributed by atoms with Crippen molar-refractivity contribution in [1.82, 2.24) is 0 Å². The topological polar surface area (TPSA) is 9.23 Å². The van der Waals surface area contributed by atoms with Crippen LogP contribution in [0.1, 0.15) is 44.4 Å². The van der Waals surface area contributed by atoms with E-state index in [-0.39, 0.29) is 5.41 Å². The Hall–Kier alpha value is -1.17. The van der Waals surface area contributed by atoms with E-state index in [1.807, 2.05) is 20.8 Å². The van der Waals surface area contributed by atoms with Gasteiger partial charge in [-0.3, -0.25) is 0 Å². The Labute approximate surface area is 121 Å². The molecule has 0 aliphatic carbocycles. The second kappa shape index (κ2) is 5.91. The van der Waals surface area contributed by atoms with Crippen LogP contribution < -0.4 is 0 Å². The van der Waals surface area contributed by atoms with Crippen LogP contribution in [0.25, 0.3) is 0 Å². The number of benzene rings is 1. The SMILES string of the molecule is COC(CC(F)(F)C(F)(F)F)c1ccc(C(C)(C)C)cc1. The van der Waals surface area contributed by atoms with Gasteiger partial charge in [-0.1, -0.05) is 45.0 Å². The second-order valence-corrected chi connectivity index (χ2v) is 6.00. The number of methoxy groups -OCH3 is 1. The molecule has 0 radical (unpaired) electrons. The highest BCUT2D eigenvalue weighted by atomic mass is 19.4. The lowest BCUT2D eigenvalue weighted by molar-refractivity contribution is -0.291. The first-order chi connectivity index (χ1) is 9.38. The summed E-state index contributed by atoms with van der Waals surface area (Å²) in [4.78, 5) is 0. The molecule has 0 spiro atoms. The van der Waals surface area contributed by atoms with Gasteiger partial charge in [0.1, 0.15) is 0 Å². The summed E-state index contributed by atoms with van der Waals surface area (Å²) < 4.78 is 67.8. The number of ether oxygens (including phenoxy) is 1. The minimum atomic E-state index is -5.57. The third-order valence-electron chi connectivity index (χ3n) is 3.29. The van der Waals surface area contributed by atoms with Crippen molar-refractivity contribution in [2.24, 2.45) is 0 Å². The van der Waals surface area contributed by atoms with E-state index in [1.165, 1.54) is 12.1 Å². The Morgan fingerprint density at radius 3 is 1.76 bits per heavy atom. The van der Waals surface area contributed by atoms with E-state index in [2.05, 4.69) is 0 Å². The van der Waals surface area contributed by atoms with Crippen LogP contribution in [0.3, 0.4) is 0 Å². The summed E-state index contributed by atoms with van der Waals surface area (Å²) in [6.07, 6.45) is -8.31. The molecule has 1 nitrogen and oxygen atoms in total. The molecule has 0 bridgehead atoms. The molecule has 0 aliphatic heterocycles. The predicted octanol–water partition coefficient (Wildman–Crippen LogP) is 5.26. The predicted molar refractivity (Wildman–Crippen MR) is 70.5 cm³/mol. The first kappa shape index (κ1) is 17.9. The number of hydrogen-bond donors (Lipinski definition) is 0. The van der Waals surface area contributed by atoms with E-state index in [4.69, 9.17) is 4.74 Å². The third kappa shape index (κ3) is 4.40. The van der Waals surface area contributed by atoms with Crippen LogP contribution in [0.5, 0.6) is 0 Å². The fourth-order valence-electron chi connectivity index (χ4n) is 1.88. The van der Waals surface area contributed by atoms with Gasteiger partial charge >= 0.3 is 12.1 Å². The molecule has 120 valence electrons. The molecule has 21 heavy (non-hydrogen) atoms. The minimum Gasteiger partial charge on any atom is -0.377 e. The van der Waals surface area contributed by atoms with Crippen molar-refractivity contribution in [1.29, 1.82) is 0 Å². The molecule has 0 fully saturated rings. The maximum absolute atomic E-state index is 13.1. The molecule has 1 aromatic rings. The van der Waals surface area contributed by atoms with Crippen molar-refractivity contribution in [2.45, 2.75) is 50.8 Å². The Kier molecular flexibility index (Phi) is 5.03. The average Bonchev–Trinajstić information content (AvgIpc) is 2.33.